The van der Waals surface area contributed by atoms with Crippen LogP contribution < -0.4 is 10.2 Å². The first kappa shape index (κ1) is 13.2. The van der Waals surface area contributed by atoms with Crippen molar-refractivity contribution in [1.82, 2.24) is 5.32 Å². The first-order valence-corrected chi connectivity index (χ1v) is 8.06. The highest BCUT2D eigenvalue weighted by Gasteiger charge is 2.31. The van der Waals surface area contributed by atoms with Crippen LogP contribution in [-0.4, -0.2) is 25.7 Å². The van der Waals surface area contributed by atoms with Crippen molar-refractivity contribution in [1.29, 1.82) is 0 Å². The van der Waals surface area contributed by atoms with Crippen LogP contribution >= 0.6 is 11.6 Å². The Morgan fingerprint density at radius 3 is 2.90 bits per heavy atom. The van der Waals surface area contributed by atoms with Gasteiger partial charge in [0.25, 0.3) is 0 Å². The van der Waals surface area contributed by atoms with Gasteiger partial charge in [-0.1, -0.05) is 41.9 Å². The fraction of sp³-hybridized carbons (Fsp3) is 0.333. The topological polar surface area (TPSA) is 15.3 Å². The number of hydrogen-bond acceptors (Lipinski definition) is 2. The van der Waals surface area contributed by atoms with Crippen LogP contribution in [0.2, 0.25) is 5.02 Å². The number of anilines is 1. The van der Waals surface area contributed by atoms with Crippen molar-refractivity contribution >= 4 is 17.3 Å². The third-order valence-electron chi connectivity index (χ3n) is 4.62. The summed E-state index contributed by atoms with van der Waals surface area (Å²) in [7, 11) is 0. The fourth-order valence-corrected chi connectivity index (χ4v) is 3.87. The molecule has 1 atom stereocenters. The average molecular weight is 299 g/mol. The van der Waals surface area contributed by atoms with E-state index in [2.05, 4.69) is 40.5 Å². The van der Waals surface area contributed by atoms with Crippen molar-refractivity contribution in [2.45, 2.75) is 18.9 Å². The Labute approximate surface area is 130 Å². The summed E-state index contributed by atoms with van der Waals surface area (Å²) in [4.78, 5) is 2.60. The molecule has 0 saturated carbocycles. The Balaban J connectivity index is 1.83. The highest BCUT2D eigenvalue weighted by Crippen LogP contribution is 2.41. The van der Waals surface area contributed by atoms with E-state index in [4.69, 9.17) is 11.6 Å². The molecule has 4 rings (SSSR count). The molecule has 0 amide bonds. The number of nitrogens with zero attached hydrogens (tertiary/aromatic N) is 1. The lowest BCUT2D eigenvalue weighted by Gasteiger charge is -2.26. The molecule has 2 aromatic rings. The van der Waals surface area contributed by atoms with Crippen molar-refractivity contribution in [3.8, 4) is 11.1 Å². The average Bonchev–Trinajstić information content (AvgIpc) is 2.69. The fourth-order valence-electron chi connectivity index (χ4n) is 3.68. The van der Waals surface area contributed by atoms with Crippen LogP contribution in [0.15, 0.2) is 42.5 Å². The lowest BCUT2D eigenvalue weighted by Crippen LogP contribution is -2.33. The quantitative estimate of drug-likeness (QED) is 0.863. The van der Waals surface area contributed by atoms with Gasteiger partial charge in [-0.25, -0.2) is 0 Å². The summed E-state index contributed by atoms with van der Waals surface area (Å²) in [6.45, 7) is 3.29. The van der Waals surface area contributed by atoms with E-state index in [9.17, 15) is 0 Å². The summed E-state index contributed by atoms with van der Waals surface area (Å²) in [5.74, 6) is 0. The predicted octanol–water partition coefficient (Wildman–Crippen LogP) is 3.73. The molecule has 2 aromatic carbocycles. The molecule has 0 aliphatic carbocycles. The van der Waals surface area contributed by atoms with E-state index in [1.165, 1.54) is 35.2 Å². The minimum atomic E-state index is 0.648. The molecule has 0 bridgehead atoms. The molecule has 0 spiro atoms. The molecule has 108 valence electrons. The van der Waals surface area contributed by atoms with Gasteiger partial charge in [0.2, 0.25) is 0 Å². The van der Waals surface area contributed by atoms with Crippen LogP contribution in [-0.2, 0) is 6.42 Å². The summed E-state index contributed by atoms with van der Waals surface area (Å²) in [5.41, 5.74) is 5.45. The zero-order valence-electron chi connectivity index (χ0n) is 12.0. The first-order valence-electron chi connectivity index (χ1n) is 7.68. The van der Waals surface area contributed by atoms with E-state index < -0.39 is 0 Å². The Hall–Kier alpha value is -1.51. The molecule has 1 unspecified atom stereocenters. The minimum Gasteiger partial charge on any atom is -0.366 e. The number of benzene rings is 2. The van der Waals surface area contributed by atoms with Gasteiger partial charge >= 0.3 is 0 Å². The highest BCUT2D eigenvalue weighted by atomic mass is 35.5. The van der Waals surface area contributed by atoms with E-state index in [1.54, 1.807) is 0 Å². The molecule has 2 aliphatic rings. The maximum atomic E-state index is 6.19. The Morgan fingerprint density at radius 1 is 1.10 bits per heavy atom. The van der Waals surface area contributed by atoms with Crippen molar-refractivity contribution in [3.63, 3.8) is 0 Å². The monoisotopic (exact) mass is 298 g/mol. The Kier molecular flexibility index (Phi) is 3.36. The van der Waals surface area contributed by atoms with Gasteiger partial charge in [0.15, 0.2) is 0 Å². The SMILES string of the molecule is Clc1cccc(-c2cccc3c2N2CCNCCC2C3)c1. The van der Waals surface area contributed by atoms with E-state index in [0.29, 0.717) is 6.04 Å². The van der Waals surface area contributed by atoms with Crippen LogP contribution in [0.25, 0.3) is 11.1 Å². The van der Waals surface area contributed by atoms with Crippen molar-refractivity contribution < 1.29 is 0 Å². The number of halogens is 1. The molecule has 21 heavy (non-hydrogen) atoms. The molecule has 1 fully saturated rings. The third-order valence-corrected chi connectivity index (χ3v) is 4.86. The molecule has 2 heterocycles. The van der Waals surface area contributed by atoms with Gasteiger partial charge < -0.3 is 10.2 Å². The van der Waals surface area contributed by atoms with E-state index in [1.807, 2.05) is 12.1 Å². The molecular weight excluding hydrogens is 280 g/mol. The van der Waals surface area contributed by atoms with Crippen molar-refractivity contribution in [3.05, 3.63) is 53.1 Å². The van der Waals surface area contributed by atoms with Gasteiger partial charge in [0, 0.05) is 35.4 Å². The number of fused-ring (bicyclic) bond motifs is 3. The van der Waals surface area contributed by atoms with E-state index >= 15 is 0 Å². The number of rotatable bonds is 1. The van der Waals surface area contributed by atoms with Gasteiger partial charge in [0.1, 0.15) is 0 Å². The van der Waals surface area contributed by atoms with E-state index in [-0.39, 0.29) is 0 Å². The Bertz CT molecular complexity index is 668. The van der Waals surface area contributed by atoms with Crippen LogP contribution in [0.5, 0.6) is 0 Å². The van der Waals surface area contributed by atoms with Crippen LogP contribution in [0.3, 0.4) is 0 Å². The summed E-state index contributed by atoms with van der Waals surface area (Å²) >= 11 is 6.19. The molecule has 1 N–H and O–H groups in total. The van der Waals surface area contributed by atoms with Gasteiger partial charge in [-0.15, -0.1) is 0 Å². The molecule has 2 aliphatic heterocycles. The van der Waals surface area contributed by atoms with Gasteiger partial charge in [-0.05, 0) is 42.6 Å². The second kappa shape index (κ2) is 5.36. The minimum absolute atomic E-state index is 0.648. The molecule has 3 heteroatoms. The standard InChI is InChI=1S/C18H19ClN2/c19-15-5-1-3-13(11-15)17-6-2-4-14-12-16-7-8-20-9-10-21(16)18(14)17/h1-6,11,16,20H,7-10,12H2. The zero-order valence-corrected chi connectivity index (χ0v) is 12.7. The van der Waals surface area contributed by atoms with Gasteiger partial charge in [-0.3, -0.25) is 0 Å². The van der Waals surface area contributed by atoms with Gasteiger partial charge in [0.05, 0.1) is 0 Å². The summed E-state index contributed by atoms with van der Waals surface area (Å²) in [6, 6.07) is 15.5. The second-order valence-electron chi connectivity index (χ2n) is 5.91. The molecular formula is C18H19ClN2. The summed E-state index contributed by atoms with van der Waals surface area (Å²) in [6.07, 6.45) is 2.40. The lowest BCUT2D eigenvalue weighted by molar-refractivity contribution is 0.612. The molecule has 1 saturated heterocycles. The highest BCUT2D eigenvalue weighted by molar-refractivity contribution is 6.30. The van der Waals surface area contributed by atoms with Crippen LogP contribution in [0.1, 0.15) is 12.0 Å². The molecule has 0 aromatic heterocycles. The van der Waals surface area contributed by atoms with Gasteiger partial charge in [-0.2, -0.15) is 0 Å². The number of nitrogens with one attached hydrogen (secondary N) is 1. The zero-order chi connectivity index (χ0) is 14.2. The molecule has 2 nitrogen and oxygen atoms in total. The number of hydrogen-bond donors (Lipinski definition) is 1. The summed E-state index contributed by atoms with van der Waals surface area (Å²) in [5, 5.41) is 4.32. The maximum absolute atomic E-state index is 6.19. The summed E-state index contributed by atoms with van der Waals surface area (Å²) < 4.78 is 0. The maximum Gasteiger partial charge on any atom is 0.0482 e. The second-order valence-corrected chi connectivity index (χ2v) is 6.35. The van der Waals surface area contributed by atoms with Crippen molar-refractivity contribution in [2.75, 3.05) is 24.5 Å². The smallest absolute Gasteiger partial charge is 0.0482 e. The Morgan fingerprint density at radius 2 is 2.00 bits per heavy atom. The number of para-hydroxylation sites is 1. The van der Waals surface area contributed by atoms with Crippen LogP contribution in [0.4, 0.5) is 5.69 Å². The third kappa shape index (κ3) is 2.33. The lowest BCUT2D eigenvalue weighted by atomic mass is 10.00. The largest absolute Gasteiger partial charge is 0.366 e. The normalized spacial score (nSPS) is 20.8. The van der Waals surface area contributed by atoms with Crippen molar-refractivity contribution in [2.24, 2.45) is 0 Å². The first-order chi connectivity index (χ1) is 10.3. The predicted molar refractivity (Wildman–Crippen MR) is 89.2 cm³/mol. The van der Waals surface area contributed by atoms with Crippen LogP contribution in [0, 0.1) is 0 Å². The van der Waals surface area contributed by atoms with E-state index in [0.717, 1.165) is 24.7 Å². The molecule has 0 radical (unpaired) electrons.